The molecule has 3 heteroatoms. The lowest BCUT2D eigenvalue weighted by Crippen LogP contribution is -2.39. The SMILES string of the molecule is CN(CCOc1cccc(N)c1)C1CCC1. The lowest BCUT2D eigenvalue weighted by molar-refractivity contribution is 0.135. The smallest absolute Gasteiger partial charge is 0.121 e. The predicted octanol–water partition coefficient (Wildman–Crippen LogP) is 2.13. The van der Waals surface area contributed by atoms with Crippen LogP contribution in [0.3, 0.4) is 0 Å². The van der Waals surface area contributed by atoms with E-state index in [0.717, 1.165) is 30.6 Å². The van der Waals surface area contributed by atoms with E-state index in [2.05, 4.69) is 11.9 Å². The molecular formula is C13H20N2O. The van der Waals surface area contributed by atoms with Crippen LogP contribution in [-0.2, 0) is 0 Å². The number of hydrogen-bond donors (Lipinski definition) is 1. The molecule has 2 N–H and O–H groups in total. The van der Waals surface area contributed by atoms with E-state index in [0.29, 0.717) is 0 Å². The summed E-state index contributed by atoms with van der Waals surface area (Å²) in [5.41, 5.74) is 6.43. The van der Waals surface area contributed by atoms with Gasteiger partial charge in [0.1, 0.15) is 12.4 Å². The number of hydrogen-bond acceptors (Lipinski definition) is 3. The summed E-state index contributed by atoms with van der Waals surface area (Å²) >= 11 is 0. The summed E-state index contributed by atoms with van der Waals surface area (Å²) in [4.78, 5) is 2.38. The standard InChI is InChI=1S/C13H20N2O/c1-15(12-5-3-6-12)8-9-16-13-7-2-4-11(14)10-13/h2,4,7,10,12H,3,5-6,8-9,14H2,1H3. The lowest BCUT2D eigenvalue weighted by Gasteiger charge is -2.34. The van der Waals surface area contributed by atoms with E-state index in [1.807, 2.05) is 24.3 Å². The van der Waals surface area contributed by atoms with E-state index in [9.17, 15) is 0 Å². The molecule has 0 saturated heterocycles. The maximum atomic E-state index is 5.68. The lowest BCUT2D eigenvalue weighted by atomic mass is 9.92. The van der Waals surface area contributed by atoms with Crippen molar-refractivity contribution in [3.63, 3.8) is 0 Å². The van der Waals surface area contributed by atoms with Gasteiger partial charge in [-0.2, -0.15) is 0 Å². The Morgan fingerprint density at radius 3 is 2.88 bits per heavy atom. The zero-order valence-electron chi connectivity index (χ0n) is 9.86. The number of benzene rings is 1. The van der Waals surface area contributed by atoms with E-state index in [1.54, 1.807) is 0 Å². The summed E-state index contributed by atoms with van der Waals surface area (Å²) in [7, 11) is 2.17. The van der Waals surface area contributed by atoms with Gasteiger partial charge in [0.15, 0.2) is 0 Å². The van der Waals surface area contributed by atoms with Gasteiger partial charge in [0.25, 0.3) is 0 Å². The molecule has 1 fully saturated rings. The van der Waals surface area contributed by atoms with Crippen molar-refractivity contribution in [3.8, 4) is 5.75 Å². The molecule has 0 heterocycles. The first-order chi connectivity index (χ1) is 7.75. The second-order valence-electron chi connectivity index (χ2n) is 4.49. The van der Waals surface area contributed by atoms with Gasteiger partial charge in [0.05, 0.1) is 0 Å². The number of nitrogens with two attached hydrogens (primary N) is 1. The highest BCUT2D eigenvalue weighted by Crippen LogP contribution is 2.23. The first-order valence-electron chi connectivity index (χ1n) is 5.94. The predicted molar refractivity (Wildman–Crippen MR) is 66.6 cm³/mol. The van der Waals surface area contributed by atoms with Crippen LogP contribution in [0.4, 0.5) is 5.69 Å². The third kappa shape index (κ3) is 2.89. The average molecular weight is 220 g/mol. The summed E-state index contributed by atoms with van der Waals surface area (Å²) in [5, 5.41) is 0. The third-order valence-electron chi connectivity index (χ3n) is 3.27. The zero-order valence-corrected chi connectivity index (χ0v) is 9.86. The molecule has 3 nitrogen and oxygen atoms in total. The van der Waals surface area contributed by atoms with Gasteiger partial charge >= 0.3 is 0 Å². The van der Waals surface area contributed by atoms with Crippen molar-refractivity contribution < 1.29 is 4.74 Å². The van der Waals surface area contributed by atoms with E-state index in [1.165, 1.54) is 19.3 Å². The number of anilines is 1. The van der Waals surface area contributed by atoms with Crippen LogP contribution in [0.2, 0.25) is 0 Å². The minimum Gasteiger partial charge on any atom is -0.492 e. The molecule has 0 aromatic heterocycles. The number of likely N-dealkylation sites (N-methyl/N-ethyl adjacent to an activating group) is 1. The Kier molecular flexibility index (Phi) is 3.67. The largest absolute Gasteiger partial charge is 0.492 e. The molecule has 1 aromatic carbocycles. The molecule has 1 aliphatic rings. The summed E-state index contributed by atoms with van der Waals surface area (Å²) < 4.78 is 5.65. The maximum Gasteiger partial charge on any atom is 0.121 e. The molecule has 0 bridgehead atoms. The summed E-state index contributed by atoms with van der Waals surface area (Å²) in [6, 6.07) is 8.38. The molecule has 0 unspecified atom stereocenters. The van der Waals surface area contributed by atoms with Crippen molar-refractivity contribution >= 4 is 5.69 Å². The molecule has 2 rings (SSSR count). The van der Waals surface area contributed by atoms with Crippen molar-refractivity contribution in [2.45, 2.75) is 25.3 Å². The van der Waals surface area contributed by atoms with Gasteiger partial charge in [-0.15, -0.1) is 0 Å². The topological polar surface area (TPSA) is 38.5 Å². The molecule has 0 spiro atoms. The molecule has 16 heavy (non-hydrogen) atoms. The van der Waals surface area contributed by atoms with Crippen LogP contribution < -0.4 is 10.5 Å². The number of nitrogens with zero attached hydrogens (tertiary/aromatic N) is 1. The average Bonchev–Trinajstić information content (AvgIpc) is 2.15. The van der Waals surface area contributed by atoms with E-state index in [4.69, 9.17) is 10.5 Å². The van der Waals surface area contributed by atoms with E-state index >= 15 is 0 Å². The fraction of sp³-hybridized carbons (Fsp3) is 0.538. The molecule has 1 aromatic rings. The molecular weight excluding hydrogens is 200 g/mol. The first-order valence-corrected chi connectivity index (χ1v) is 5.94. The van der Waals surface area contributed by atoms with Gasteiger partial charge in [-0.05, 0) is 32.0 Å². The summed E-state index contributed by atoms with van der Waals surface area (Å²) in [6.45, 7) is 1.72. The quantitative estimate of drug-likeness (QED) is 0.773. The fourth-order valence-corrected chi connectivity index (χ4v) is 1.92. The monoisotopic (exact) mass is 220 g/mol. The zero-order chi connectivity index (χ0) is 11.4. The Morgan fingerprint density at radius 2 is 2.25 bits per heavy atom. The Hall–Kier alpha value is -1.22. The van der Waals surface area contributed by atoms with Gasteiger partial charge < -0.3 is 15.4 Å². The van der Waals surface area contributed by atoms with Crippen molar-refractivity contribution in [2.24, 2.45) is 0 Å². The Morgan fingerprint density at radius 1 is 1.44 bits per heavy atom. The second kappa shape index (κ2) is 5.21. The number of rotatable bonds is 5. The van der Waals surface area contributed by atoms with Gasteiger partial charge in [0.2, 0.25) is 0 Å². The van der Waals surface area contributed by atoms with E-state index in [-0.39, 0.29) is 0 Å². The fourth-order valence-electron chi connectivity index (χ4n) is 1.92. The van der Waals surface area contributed by atoms with Crippen LogP contribution in [0.5, 0.6) is 5.75 Å². The molecule has 1 aliphatic carbocycles. The van der Waals surface area contributed by atoms with Gasteiger partial charge in [-0.3, -0.25) is 0 Å². The summed E-state index contributed by atoms with van der Waals surface area (Å²) in [6.07, 6.45) is 4.06. The number of ether oxygens (including phenoxy) is 1. The van der Waals surface area contributed by atoms with Crippen molar-refractivity contribution in [1.29, 1.82) is 0 Å². The molecule has 1 saturated carbocycles. The highest BCUT2D eigenvalue weighted by atomic mass is 16.5. The van der Waals surface area contributed by atoms with Crippen LogP contribution in [0.1, 0.15) is 19.3 Å². The number of nitrogen functional groups attached to an aromatic ring is 1. The Bertz CT molecular complexity index is 336. The first kappa shape index (κ1) is 11.3. The Balaban J connectivity index is 1.71. The van der Waals surface area contributed by atoms with Crippen LogP contribution >= 0.6 is 0 Å². The van der Waals surface area contributed by atoms with Crippen molar-refractivity contribution in [3.05, 3.63) is 24.3 Å². The van der Waals surface area contributed by atoms with Crippen LogP contribution in [0.25, 0.3) is 0 Å². The molecule has 88 valence electrons. The highest BCUT2D eigenvalue weighted by molar-refractivity contribution is 5.43. The Labute approximate surface area is 97.2 Å². The normalized spacial score (nSPS) is 16.1. The molecule has 0 aliphatic heterocycles. The van der Waals surface area contributed by atoms with Gasteiger partial charge in [0, 0.05) is 24.3 Å². The third-order valence-corrected chi connectivity index (χ3v) is 3.27. The van der Waals surface area contributed by atoms with Crippen molar-refractivity contribution in [1.82, 2.24) is 4.90 Å². The molecule has 0 radical (unpaired) electrons. The molecule has 0 atom stereocenters. The van der Waals surface area contributed by atoms with E-state index < -0.39 is 0 Å². The van der Waals surface area contributed by atoms with Crippen LogP contribution in [0, 0.1) is 0 Å². The highest BCUT2D eigenvalue weighted by Gasteiger charge is 2.21. The maximum absolute atomic E-state index is 5.68. The minimum absolute atomic E-state index is 0.733. The van der Waals surface area contributed by atoms with Gasteiger partial charge in [-0.25, -0.2) is 0 Å². The molecule has 0 amide bonds. The minimum atomic E-state index is 0.733. The van der Waals surface area contributed by atoms with Crippen molar-refractivity contribution in [2.75, 3.05) is 25.9 Å². The van der Waals surface area contributed by atoms with Crippen LogP contribution in [-0.4, -0.2) is 31.1 Å². The van der Waals surface area contributed by atoms with Crippen LogP contribution in [0.15, 0.2) is 24.3 Å². The van der Waals surface area contributed by atoms with Gasteiger partial charge in [-0.1, -0.05) is 12.5 Å². The second-order valence-corrected chi connectivity index (χ2v) is 4.49. The summed E-state index contributed by atoms with van der Waals surface area (Å²) in [5.74, 6) is 0.863.